The van der Waals surface area contributed by atoms with Crippen LogP contribution in [0.15, 0.2) is 0 Å². The molecule has 0 radical (unpaired) electrons. The van der Waals surface area contributed by atoms with Gasteiger partial charge in [-0.3, -0.25) is 19.2 Å². The van der Waals surface area contributed by atoms with Gasteiger partial charge in [0.2, 0.25) is 17.7 Å². The van der Waals surface area contributed by atoms with E-state index in [0.717, 1.165) is 0 Å². The Morgan fingerprint density at radius 2 is 1.40 bits per heavy atom. The van der Waals surface area contributed by atoms with E-state index in [0.29, 0.717) is 6.42 Å². The molecular formula is C18H32N4O8. The molecule has 30 heavy (non-hydrogen) atoms. The monoisotopic (exact) mass is 432 g/mol. The fourth-order valence-electron chi connectivity index (χ4n) is 2.41. The molecule has 8 N–H and O–H groups in total. The summed E-state index contributed by atoms with van der Waals surface area (Å²) in [5, 5.41) is 34.1. The van der Waals surface area contributed by atoms with E-state index in [9.17, 15) is 29.1 Å². The Kier molecular flexibility index (Phi) is 11.6. The van der Waals surface area contributed by atoms with Gasteiger partial charge in [-0.15, -0.1) is 0 Å². The molecular weight excluding hydrogens is 400 g/mol. The van der Waals surface area contributed by atoms with Crippen molar-refractivity contribution in [3.8, 4) is 0 Å². The van der Waals surface area contributed by atoms with Gasteiger partial charge in [0.1, 0.15) is 12.1 Å². The van der Waals surface area contributed by atoms with Gasteiger partial charge in [0, 0.05) is 6.42 Å². The lowest BCUT2D eigenvalue weighted by molar-refractivity contribution is -0.145. The number of aliphatic hydroxyl groups excluding tert-OH is 1. The van der Waals surface area contributed by atoms with Crippen LogP contribution in [0.4, 0.5) is 0 Å². The van der Waals surface area contributed by atoms with Gasteiger partial charge in [-0.2, -0.15) is 0 Å². The summed E-state index contributed by atoms with van der Waals surface area (Å²) >= 11 is 0. The lowest BCUT2D eigenvalue weighted by Crippen LogP contribution is -2.58. The highest BCUT2D eigenvalue weighted by Crippen LogP contribution is 2.09. The third-order valence-electron chi connectivity index (χ3n) is 4.60. The van der Waals surface area contributed by atoms with E-state index in [1.807, 2.05) is 0 Å². The van der Waals surface area contributed by atoms with Crippen LogP contribution in [-0.4, -0.2) is 75.3 Å². The summed E-state index contributed by atoms with van der Waals surface area (Å²) in [6.07, 6.45) is -1.26. The Balaban J connectivity index is 5.10. The van der Waals surface area contributed by atoms with Crippen molar-refractivity contribution in [1.82, 2.24) is 16.0 Å². The third-order valence-corrected chi connectivity index (χ3v) is 4.60. The first-order valence-corrected chi connectivity index (χ1v) is 9.61. The second-order valence-corrected chi connectivity index (χ2v) is 7.21. The van der Waals surface area contributed by atoms with Gasteiger partial charge >= 0.3 is 11.9 Å². The first-order valence-electron chi connectivity index (χ1n) is 9.61. The van der Waals surface area contributed by atoms with Crippen LogP contribution in [0.5, 0.6) is 0 Å². The largest absolute Gasteiger partial charge is 0.481 e. The van der Waals surface area contributed by atoms with Crippen molar-refractivity contribution < 1.29 is 39.3 Å². The predicted octanol–water partition coefficient (Wildman–Crippen LogP) is -1.84. The topological polar surface area (TPSA) is 208 Å². The maximum atomic E-state index is 12.6. The molecule has 0 rings (SSSR count). The van der Waals surface area contributed by atoms with Gasteiger partial charge in [-0.1, -0.05) is 20.3 Å². The first kappa shape index (κ1) is 27.3. The van der Waals surface area contributed by atoms with Crippen molar-refractivity contribution >= 4 is 29.7 Å². The van der Waals surface area contributed by atoms with Crippen molar-refractivity contribution in [3.05, 3.63) is 0 Å². The van der Waals surface area contributed by atoms with Crippen LogP contribution in [0.3, 0.4) is 0 Å². The number of amides is 3. The zero-order valence-corrected chi connectivity index (χ0v) is 17.5. The van der Waals surface area contributed by atoms with Crippen molar-refractivity contribution in [2.24, 2.45) is 11.7 Å². The molecule has 0 aliphatic heterocycles. The molecule has 0 aromatic carbocycles. The molecule has 0 aromatic rings. The van der Waals surface area contributed by atoms with Crippen LogP contribution in [0.2, 0.25) is 0 Å². The van der Waals surface area contributed by atoms with Crippen molar-refractivity contribution in [2.75, 3.05) is 0 Å². The Bertz CT molecular complexity index is 640. The average Bonchev–Trinajstić information content (AvgIpc) is 2.66. The first-order chi connectivity index (χ1) is 13.8. The number of nitrogens with two attached hydrogens (primary N) is 1. The molecule has 172 valence electrons. The normalized spacial score (nSPS) is 16.9. The van der Waals surface area contributed by atoms with Gasteiger partial charge in [0.05, 0.1) is 12.1 Å². The summed E-state index contributed by atoms with van der Waals surface area (Å²) in [7, 11) is 0. The van der Waals surface area contributed by atoms with Crippen LogP contribution < -0.4 is 21.7 Å². The zero-order valence-electron chi connectivity index (χ0n) is 17.5. The molecule has 0 aliphatic rings. The Labute approximate surface area is 174 Å². The lowest BCUT2D eigenvalue weighted by Gasteiger charge is -2.27. The Morgan fingerprint density at radius 1 is 0.867 bits per heavy atom. The van der Waals surface area contributed by atoms with Crippen LogP contribution in [0.1, 0.15) is 47.0 Å². The standard InChI is InChI=1S/C18H32N4O8/c1-5-8(2)13(21-16(27)11(19)6-7-12(24)25)17(28)20-9(3)15(26)22-14(10(4)23)18(29)30/h8-11,13-14,23H,5-7,19H2,1-4H3,(H,20,28)(H,21,27)(H,22,26)(H,24,25)(H,29,30). The molecule has 0 aromatic heterocycles. The quantitative estimate of drug-likeness (QED) is 0.174. The number of hydrogen-bond donors (Lipinski definition) is 7. The number of aliphatic hydroxyl groups is 1. The highest BCUT2D eigenvalue weighted by atomic mass is 16.4. The summed E-state index contributed by atoms with van der Waals surface area (Å²) < 4.78 is 0. The van der Waals surface area contributed by atoms with E-state index in [2.05, 4.69) is 16.0 Å². The fourth-order valence-corrected chi connectivity index (χ4v) is 2.41. The maximum Gasteiger partial charge on any atom is 0.328 e. The number of aliphatic carboxylic acids is 2. The van der Waals surface area contributed by atoms with E-state index in [1.54, 1.807) is 13.8 Å². The van der Waals surface area contributed by atoms with Gasteiger partial charge in [-0.25, -0.2) is 4.79 Å². The minimum absolute atomic E-state index is 0.106. The lowest BCUT2D eigenvalue weighted by atomic mass is 9.97. The van der Waals surface area contributed by atoms with Crippen molar-refractivity contribution in [1.29, 1.82) is 0 Å². The van der Waals surface area contributed by atoms with Crippen LogP contribution in [0.25, 0.3) is 0 Å². The molecule has 0 fully saturated rings. The summed E-state index contributed by atoms with van der Waals surface area (Å²) in [4.78, 5) is 58.7. The molecule has 0 saturated carbocycles. The summed E-state index contributed by atoms with van der Waals surface area (Å²) in [6.45, 7) is 6.01. The van der Waals surface area contributed by atoms with E-state index in [1.165, 1.54) is 13.8 Å². The van der Waals surface area contributed by atoms with Crippen LogP contribution >= 0.6 is 0 Å². The molecule has 0 aliphatic carbocycles. The van der Waals surface area contributed by atoms with Crippen LogP contribution in [0, 0.1) is 5.92 Å². The smallest absolute Gasteiger partial charge is 0.328 e. The minimum Gasteiger partial charge on any atom is -0.481 e. The zero-order chi connectivity index (χ0) is 23.6. The van der Waals surface area contributed by atoms with E-state index >= 15 is 0 Å². The molecule has 6 unspecified atom stereocenters. The summed E-state index contributed by atoms with van der Waals surface area (Å²) in [5.41, 5.74) is 5.67. The van der Waals surface area contributed by atoms with Gasteiger partial charge in [0.25, 0.3) is 0 Å². The van der Waals surface area contributed by atoms with E-state index in [-0.39, 0.29) is 18.8 Å². The molecule has 12 nitrogen and oxygen atoms in total. The Morgan fingerprint density at radius 3 is 1.83 bits per heavy atom. The number of rotatable bonds is 13. The predicted molar refractivity (Wildman–Crippen MR) is 105 cm³/mol. The number of carbonyl (C=O) groups excluding carboxylic acids is 3. The highest BCUT2D eigenvalue weighted by molar-refractivity contribution is 5.94. The van der Waals surface area contributed by atoms with Gasteiger partial charge < -0.3 is 37.0 Å². The molecule has 0 saturated heterocycles. The second-order valence-electron chi connectivity index (χ2n) is 7.21. The number of hydrogen-bond acceptors (Lipinski definition) is 7. The molecule has 6 atom stereocenters. The number of carboxylic acid groups (broad SMARTS) is 2. The van der Waals surface area contributed by atoms with Crippen LogP contribution in [-0.2, 0) is 24.0 Å². The second kappa shape index (κ2) is 12.8. The molecule has 0 bridgehead atoms. The SMILES string of the molecule is CCC(C)C(NC(=O)C(N)CCC(=O)O)C(=O)NC(C)C(=O)NC(C(=O)O)C(C)O. The Hall–Kier alpha value is -2.73. The highest BCUT2D eigenvalue weighted by Gasteiger charge is 2.31. The number of nitrogens with one attached hydrogen (secondary N) is 3. The number of carboxylic acids is 2. The van der Waals surface area contributed by atoms with Gasteiger partial charge in [-0.05, 0) is 26.2 Å². The molecule has 0 spiro atoms. The summed E-state index contributed by atoms with van der Waals surface area (Å²) in [6, 6.07) is -4.86. The molecule has 12 heteroatoms. The fraction of sp³-hybridized carbons (Fsp3) is 0.722. The average molecular weight is 432 g/mol. The van der Waals surface area contributed by atoms with Crippen molar-refractivity contribution in [2.45, 2.75) is 77.2 Å². The summed E-state index contributed by atoms with van der Waals surface area (Å²) in [5.74, 6) is -5.09. The molecule has 3 amide bonds. The van der Waals surface area contributed by atoms with Crippen molar-refractivity contribution in [3.63, 3.8) is 0 Å². The van der Waals surface area contributed by atoms with Gasteiger partial charge in [0.15, 0.2) is 6.04 Å². The third kappa shape index (κ3) is 9.18. The van der Waals surface area contributed by atoms with E-state index in [4.69, 9.17) is 15.9 Å². The minimum atomic E-state index is -1.55. The van der Waals surface area contributed by atoms with E-state index < -0.39 is 59.9 Å². The number of carbonyl (C=O) groups is 5. The molecule has 0 heterocycles. The maximum absolute atomic E-state index is 12.6.